The van der Waals surface area contributed by atoms with E-state index >= 15 is 0 Å². The van der Waals surface area contributed by atoms with Gasteiger partial charge in [0, 0.05) is 5.02 Å². The molecule has 2 aliphatic rings. The van der Waals surface area contributed by atoms with Crippen molar-refractivity contribution in [2.24, 2.45) is 11.3 Å². The van der Waals surface area contributed by atoms with E-state index in [-0.39, 0.29) is 17.7 Å². The Morgan fingerprint density at radius 2 is 1.71 bits per heavy atom. The lowest BCUT2D eigenvalue weighted by molar-refractivity contribution is -0.183. The summed E-state index contributed by atoms with van der Waals surface area (Å²) in [4.78, 5) is 25.3. The van der Waals surface area contributed by atoms with Gasteiger partial charge in [0.1, 0.15) is 11.5 Å². The van der Waals surface area contributed by atoms with Crippen LogP contribution >= 0.6 is 11.6 Å². The Morgan fingerprint density at radius 1 is 1.10 bits per heavy atom. The molecule has 4 heteroatoms. The van der Waals surface area contributed by atoms with Crippen molar-refractivity contribution in [3.05, 3.63) is 34.9 Å². The average Bonchev–Trinajstić information content (AvgIpc) is 2.51. The standard InChI is InChI=1S/C17H19ClO3/c1-11-14(12-5-7-13(18)8-6-12)21-16(20)17(15(11)19)9-3-2-4-10-17/h5-8,11,14H,2-4,9-10H2,1H3/t11-,14+/m1/s1. The molecule has 1 heterocycles. The zero-order valence-corrected chi connectivity index (χ0v) is 12.9. The van der Waals surface area contributed by atoms with Crippen LogP contribution in [0.4, 0.5) is 0 Å². The van der Waals surface area contributed by atoms with Crippen LogP contribution in [-0.4, -0.2) is 11.8 Å². The summed E-state index contributed by atoms with van der Waals surface area (Å²) in [6, 6.07) is 7.16. The summed E-state index contributed by atoms with van der Waals surface area (Å²) in [5.74, 6) is -0.578. The van der Waals surface area contributed by atoms with E-state index in [4.69, 9.17) is 16.3 Å². The van der Waals surface area contributed by atoms with Crippen LogP contribution in [0.15, 0.2) is 24.3 Å². The number of benzene rings is 1. The third-order valence-corrected chi connectivity index (χ3v) is 5.12. The van der Waals surface area contributed by atoms with Gasteiger partial charge in [0.2, 0.25) is 0 Å². The summed E-state index contributed by atoms with van der Waals surface area (Å²) in [6.07, 6.45) is 3.75. The largest absolute Gasteiger partial charge is 0.456 e. The highest BCUT2D eigenvalue weighted by Crippen LogP contribution is 2.47. The Labute approximate surface area is 129 Å². The molecule has 1 aliphatic carbocycles. The molecule has 0 amide bonds. The van der Waals surface area contributed by atoms with Gasteiger partial charge >= 0.3 is 5.97 Å². The van der Waals surface area contributed by atoms with E-state index in [1.165, 1.54) is 0 Å². The summed E-state index contributed by atoms with van der Waals surface area (Å²) in [7, 11) is 0. The third-order valence-electron chi connectivity index (χ3n) is 4.87. The van der Waals surface area contributed by atoms with E-state index in [2.05, 4.69) is 0 Å². The maximum absolute atomic E-state index is 12.8. The van der Waals surface area contributed by atoms with E-state index in [1.807, 2.05) is 19.1 Å². The monoisotopic (exact) mass is 306 g/mol. The molecule has 0 bridgehead atoms. The minimum absolute atomic E-state index is 0.0541. The number of ether oxygens (including phenoxy) is 1. The van der Waals surface area contributed by atoms with Crippen molar-refractivity contribution in [2.45, 2.75) is 45.1 Å². The van der Waals surface area contributed by atoms with E-state index in [9.17, 15) is 9.59 Å². The molecular weight excluding hydrogens is 288 g/mol. The number of ketones is 1. The van der Waals surface area contributed by atoms with Crippen LogP contribution < -0.4 is 0 Å². The second-order valence-corrected chi connectivity index (χ2v) is 6.61. The zero-order chi connectivity index (χ0) is 15.0. The first-order valence-corrected chi connectivity index (χ1v) is 7.93. The summed E-state index contributed by atoms with van der Waals surface area (Å²) >= 11 is 5.89. The van der Waals surface area contributed by atoms with Gasteiger partial charge in [-0.25, -0.2) is 0 Å². The Bertz CT molecular complexity index is 558. The fourth-order valence-electron chi connectivity index (χ4n) is 3.62. The average molecular weight is 307 g/mol. The molecule has 3 nitrogen and oxygen atoms in total. The molecule has 1 saturated heterocycles. The summed E-state index contributed by atoms with van der Waals surface area (Å²) in [5.41, 5.74) is -0.0418. The van der Waals surface area contributed by atoms with Crippen LogP contribution in [0.5, 0.6) is 0 Å². The van der Waals surface area contributed by atoms with E-state index in [0.29, 0.717) is 17.9 Å². The number of carbonyl (C=O) groups is 2. The van der Waals surface area contributed by atoms with Gasteiger partial charge in [-0.05, 0) is 30.5 Å². The lowest BCUT2D eigenvalue weighted by Crippen LogP contribution is -2.51. The molecule has 21 heavy (non-hydrogen) atoms. The van der Waals surface area contributed by atoms with Crippen LogP contribution in [0, 0.1) is 11.3 Å². The molecule has 0 N–H and O–H groups in total. The number of esters is 1. The van der Waals surface area contributed by atoms with Crippen LogP contribution in [0.1, 0.15) is 50.7 Å². The lowest BCUT2D eigenvalue weighted by Gasteiger charge is -2.42. The van der Waals surface area contributed by atoms with Gasteiger partial charge in [-0.1, -0.05) is 49.9 Å². The summed E-state index contributed by atoms with van der Waals surface area (Å²) in [6.45, 7) is 1.87. The third kappa shape index (κ3) is 2.38. The second kappa shape index (κ2) is 5.45. The number of Topliss-reactive ketones (excluding diaryl/α,β-unsaturated/α-hetero) is 1. The minimum atomic E-state index is -0.874. The SMILES string of the molecule is C[C@H]1C(=O)C2(CCCCC2)C(=O)O[C@@H]1c1ccc(Cl)cc1. The van der Waals surface area contributed by atoms with Crippen molar-refractivity contribution < 1.29 is 14.3 Å². The quantitative estimate of drug-likeness (QED) is 0.579. The highest BCUT2D eigenvalue weighted by atomic mass is 35.5. The lowest BCUT2D eigenvalue weighted by atomic mass is 9.65. The molecule has 2 atom stereocenters. The first-order valence-electron chi connectivity index (χ1n) is 7.55. The number of carbonyl (C=O) groups excluding carboxylic acids is 2. The van der Waals surface area contributed by atoms with Gasteiger partial charge in [0.05, 0.1) is 5.92 Å². The highest BCUT2D eigenvalue weighted by molar-refractivity contribution is 6.30. The Hall–Kier alpha value is -1.35. The first-order chi connectivity index (χ1) is 10.0. The molecule has 1 aromatic rings. The predicted octanol–water partition coefficient (Wildman–Crippen LogP) is 4.09. The molecule has 0 radical (unpaired) electrons. The summed E-state index contributed by atoms with van der Waals surface area (Å²) < 4.78 is 5.69. The molecule has 112 valence electrons. The number of rotatable bonds is 1. The molecule has 1 spiro atoms. The normalized spacial score (nSPS) is 28.5. The number of hydrogen-bond acceptors (Lipinski definition) is 3. The van der Waals surface area contributed by atoms with Crippen LogP contribution in [0.2, 0.25) is 5.02 Å². The van der Waals surface area contributed by atoms with Crippen LogP contribution in [-0.2, 0) is 14.3 Å². The van der Waals surface area contributed by atoms with Crippen LogP contribution in [0.3, 0.4) is 0 Å². The Kier molecular flexibility index (Phi) is 3.78. The summed E-state index contributed by atoms with van der Waals surface area (Å²) in [5, 5.41) is 0.628. The van der Waals surface area contributed by atoms with Gasteiger partial charge in [-0.15, -0.1) is 0 Å². The van der Waals surface area contributed by atoms with E-state index in [1.54, 1.807) is 12.1 Å². The first kappa shape index (κ1) is 14.6. The van der Waals surface area contributed by atoms with Crippen molar-refractivity contribution >= 4 is 23.4 Å². The fourth-order valence-corrected chi connectivity index (χ4v) is 3.75. The topological polar surface area (TPSA) is 43.4 Å². The second-order valence-electron chi connectivity index (χ2n) is 6.17. The predicted molar refractivity (Wildman–Crippen MR) is 80.0 cm³/mol. The van der Waals surface area contributed by atoms with Crippen molar-refractivity contribution in [2.75, 3.05) is 0 Å². The van der Waals surface area contributed by atoms with Crippen LogP contribution in [0.25, 0.3) is 0 Å². The zero-order valence-electron chi connectivity index (χ0n) is 12.1. The van der Waals surface area contributed by atoms with Gasteiger partial charge in [0.15, 0.2) is 5.78 Å². The number of cyclic esters (lactones) is 1. The number of halogens is 1. The van der Waals surface area contributed by atoms with Crippen molar-refractivity contribution in [3.63, 3.8) is 0 Å². The molecule has 0 aromatic heterocycles. The highest BCUT2D eigenvalue weighted by Gasteiger charge is 2.55. The van der Waals surface area contributed by atoms with Gasteiger partial charge in [-0.2, -0.15) is 0 Å². The maximum atomic E-state index is 12.8. The smallest absolute Gasteiger partial charge is 0.320 e. The molecular formula is C17H19ClO3. The minimum Gasteiger partial charge on any atom is -0.456 e. The van der Waals surface area contributed by atoms with Crippen molar-refractivity contribution in [1.29, 1.82) is 0 Å². The van der Waals surface area contributed by atoms with E-state index < -0.39 is 11.5 Å². The van der Waals surface area contributed by atoms with Crippen molar-refractivity contribution in [3.8, 4) is 0 Å². The maximum Gasteiger partial charge on any atom is 0.320 e. The van der Waals surface area contributed by atoms with Gasteiger partial charge in [0.25, 0.3) is 0 Å². The van der Waals surface area contributed by atoms with Gasteiger partial charge < -0.3 is 4.74 Å². The number of hydrogen-bond donors (Lipinski definition) is 0. The Balaban J connectivity index is 1.90. The molecule has 1 aliphatic heterocycles. The fraction of sp³-hybridized carbons (Fsp3) is 0.529. The Morgan fingerprint density at radius 3 is 2.33 bits per heavy atom. The molecule has 1 saturated carbocycles. The van der Waals surface area contributed by atoms with Gasteiger partial charge in [-0.3, -0.25) is 9.59 Å². The van der Waals surface area contributed by atoms with E-state index in [0.717, 1.165) is 24.8 Å². The molecule has 2 fully saturated rings. The molecule has 3 rings (SSSR count). The molecule has 0 unspecified atom stereocenters. The van der Waals surface area contributed by atoms with Crippen molar-refractivity contribution in [1.82, 2.24) is 0 Å². The molecule has 1 aromatic carbocycles.